The third kappa shape index (κ3) is 2.04. The number of carbonyl (C=O) groups is 1. The zero-order valence-corrected chi connectivity index (χ0v) is 8.68. The summed E-state index contributed by atoms with van der Waals surface area (Å²) in [7, 11) is 0. The largest absolute Gasteiger partial charge is 0.462 e. The van der Waals surface area contributed by atoms with Crippen molar-refractivity contribution in [1.82, 2.24) is 10.2 Å². The van der Waals surface area contributed by atoms with Crippen LogP contribution in [0.5, 0.6) is 0 Å². The van der Waals surface area contributed by atoms with Crippen molar-refractivity contribution in [3.8, 4) is 0 Å². The summed E-state index contributed by atoms with van der Waals surface area (Å²) in [5, 5.41) is 9.71. The molecule has 5 nitrogen and oxygen atoms in total. The maximum Gasteiger partial charge on any atom is 0.343 e. The fourth-order valence-corrected chi connectivity index (χ4v) is 1.18. The van der Waals surface area contributed by atoms with Gasteiger partial charge in [0.25, 0.3) is 0 Å². The van der Waals surface area contributed by atoms with Crippen LogP contribution in [0, 0.1) is 6.92 Å². The number of nitrogens with zero attached hydrogens (tertiary/aromatic N) is 1. The summed E-state index contributed by atoms with van der Waals surface area (Å²) in [6, 6.07) is 0. The highest BCUT2D eigenvalue weighted by Gasteiger charge is 2.18. The van der Waals surface area contributed by atoms with Crippen LogP contribution in [0.3, 0.4) is 0 Å². The van der Waals surface area contributed by atoms with Crippen molar-refractivity contribution in [3.63, 3.8) is 0 Å². The van der Waals surface area contributed by atoms with Crippen LogP contribution in [-0.2, 0) is 4.74 Å². The highest BCUT2D eigenvalue weighted by atomic mass is 16.5. The number of nitrogens with one attached hydrogen (secondary N) is 2. The molecule has 78 valence electrons. The monoisotopic (exact) mass is 197 g/mol. The number of esters is 1. The number of anilines is 1. The minimum Gasteiger partial charge on any atom is -0.462 e. The zero-order chi connectivity index (χ0) is 10.6. The lowest BCUT2D eigenvalue weighted by Gasteiger charge is -2.03. The fourth-order valence-electron chi connectivity index (χ4n) is 1.18. The number of hydrogen-bond acceptors (Lipinski definition) is 4. The molecule has 14 heavy (non-hydrogen) atoms. The van der Waals surface area contributed by atoms with Gasteiger partial charge in [0, 0.05) is 12.2 Å². The molecule has 0 amide bonds. The molecule has 0 radical (unpaired) electrons. The van der Waals surface area contributed by atoms with Crippen LogP contribution in [0.25, 0.3) is 0 Å². The van der Waals surface area contributed by atoms with E-state index in [1.165, 1.54) is 0 Å². The Labute approximate surface area is 82.8 Å². The second kappa shape index (κ2) is 4.64. The van der Waals surface area contributed by atoms with Gasteiger partial charge in [-0.2, -0.15) is 5.10 Å². The van der Waals surface area contributed by atoms with Gasteiger partial charge < -0.3 is 10.1 Å². The molecule has 0 saturated carbocycles. The molecule has 0 aliphatic heterocycles. The number of rotatable bonds is 4. The lowest BCUT2D eigenvalue weighted by molar-refractivity contribution is 0.0527. The average Bonchev–Trinajstić information content (AvgIpc) is 2.48. The van der Waals surface area contributed by atoms with Gasteiger partial charge in [-0.25, -0.2) is 4.79 Å². The van der Waals surface area contributed by atoms with E-state index in [4.69, 9.17) is 4.74 Å². The second-order valence-corrected chi connectivity index (χ2v) is 2.82. The van der Waals surface area contributed by atoms with Crippen LogP contribution in [0.1, 0.15) is 29.9 Å². The van der Waals surface area contributed by atoms with Crippen LogP contribution in [0.15, 0.2) is 0 Å². The van der Waals surface area contributed by atoms with E-state index in [0.717, 1.165) is 12.2 Å². The van der Waals surface area contributed by atoms with Crippen molar-refractivity contribution < 1.29 is 9.53 Å². The predicted molar refractivity (Wildman–Crippen MR) is 53.4 cm³/mol. The van der Waals surface area contributed by atoms with Gasteiger partial charge in [-0.15, -0.1) is 0 Å². The Morgan fingerprint density at radius 3 is 2.86 bits per heavy atom. The van der Waals surface area contributed by atoms with Crippen LogP contribution in [0.2, 0.25) is 0 Å². The maximum absolute atomic E-state index is 11.5. The van der Waals surface area contributed by atoms with Gasteiger partial charge in [0.1, 0.15) is 5.56 Å². The van der Waals surface area contributed by atoms with Crippen molar-refractivity contribution in [3.05, 3.63) is 11.3 Å². The molecule has 1 aromatic rings. The van der Waals surface area contributed by atoms with Crippen molar-refractivity contribution in [2.24, 2.45) is 0 Å². The molecule has 0 saturated heterocycles. The minimum absolute atomic E-state index is 0.338. The normalized spacial score (nSPS) is 9.93. The molecule has 5 heteroatoms. The lowest BCUT2D eigenvalue weighted by atomic mass is 10.2. The summed E-state index contributed by atoms with van der Waals surface area (Å²) in [5.74, 6) is 0.221. The number of hydrogen-bond donors (Lipinski definition) is 2. The third-order valence-corrected chi connectivity index (χ3v) is 1.77. The third-order valence-electron chi connectivity index (χ3n) is 1.77. The van der Waals surface area contributed by atoms with E-state index in [2.05, 4.69) is 15.5 Å². The van der Waals surface area contributed by atoms with E-state index in [9.17, 15) is 4.79 Å². The number of carbonyl (C=O) groups excluding carboxylic acids is 1. The Hall–Kier alpha value is -1.52. The zero-order valence-electron chi connectivity index (χ0n) is 8.68. The first-order valence-electron chi connectivity index (χ1n) is 4.66. The van der Waals surface area contributed by atoms with E-state index in [0.29, 0.717) is 18.0 Å². The van der Waals surface area contributed by atoms with Crippen molar-refractivity contribution in [2.75, 3.05) is 18.5 Å². The summed E-state index contributed by atoms with van der Waals surface area (Å²) in [6.45, 7) is 6.60. The van der Waals surface area contributed by atoms with E-state index < -0.39 is 0 Å². The summed E-state index contributed by atoms with van der Waals surface area (Å²) >= 11 is 0. The SMILES string of the molecule is CCNc1n[nH]c(C)c1C(=O)OCC. The summed E-state index contributed by atoms with van der Waals surface area (Å²) in [5.41, 5.74) is 1.22. The molecule has 1 rings (SSSR count). The highest BCUT2D eigenvalue weighted by Crippen LogP contribution is 2.16. The molecule has 1 heterocycles. The summed E-state index contributed by atoms with van der Waals surface area (Å²) in [6.07, 6.45) is 0. The molecule has 1 aromatic heterocycles. The van der Waals surface area contributed by atoms with Crippen molar-refractivity contribution >= 4 is 11.8 Å². The molecular formula is C9H15N3O2. The van der Waals surface area contributed by atoms with Gasteiger partial charge in [-0.1, -0.05) is 0 Å². The smallest absolute Gasteiger partial charge is 0.343 e. The Balaban J connectivity index is 2.92. The van der Waals surface area contributed by atoms with E-state index in [1.807, 2.05) is 6.92 Å². The van der Waals surface area contributed by atoms with Gasteiger partial charge in [0.2, 0.25) is 0 Å². The molecule has 0 aliphatic carbocycles. The summed E-state index contributed by atoms with van der Waals surface area (Å²) < 4.78 is 4.92. The van der Waals surface area contributed by atoms with Gasteiger partial charge in [0.15, 0.2) is 5.82 Å². The first-order chi connectivity index (χ1) is 6.70. The van der Waals surface area contributed by atoms with Crippen molar-refractivity contribution in [2.45, 2.75) is 20.8 Å². The molecule has 0 aromatic carbocycles. The standard InChI is InChI=1S/C9H15N3O2/c1-4-10-8-7(6(3)11-12-8)9(13)14-5-2/h4-5H2,1-3H3,(H2,10,11,12). The molecule has 0 atom stereocenters. The molecule has 2 N–H and O–H groups in total. The molecule has 0 unspecified atom stereocenters. The van der Waals surface area contributed by atoms with E-state index >= 15 is 0 Å². The fraction of sp³-hybridized carbons (Fsp3) is 0.556. The lowest BCUT2D eigenvalue weighted by Crippen LogP contribution is -2.09. The van der Waals surface area contributed by atoms with Crippen LogP contribution >= 0.6 is 0 Å². The second-order valence-electron chi connectivity index (χ2n) is 2.82. The Morgan fingerprint density at radius 1 is 1.57 bits per heavy atom. The maximum atomic E-state index is 11.5. The topological polar surface area (TPSA) is 67.0 Å². The average molecular weight is 197 g/mol. The van der Waals surface area contributed by atoms with Gasteiger partial charge >= 0.3 is 5.97 Å². The predicted octanol–water partition coefficient (Wildman–Crippen LogP) is 1.33. The quantitative estimate of drug-likeness (QED) is 0.714. The number of aromatic nitrogens is 2. The Kier molecular flexibility index (Phi) is 3.50. The number of aryl methyl sites for hydroxylation is 1. The molecule has 0 bridgehead atoms. The minimum atomic E-state index is -0.338. The number of ether oxygens (including phenoxy) is 1. The molecular weight excluding hydrogens is 182 g/mol. The summed E-state index contributed by atoms with van der Waals surface area (Å²) in [4.78, 5) is 11.5. The first-order valence-corrected chi connectivity index (χ1v) is 4.66. The first kappa shape index (κ1) is 10.6. The van der Waals surface area contributed by atoms with Gasteiger partial charge in [-0.05, 0) is 20.8 Å². The van der Waals surface area contributed by atoms with E-state index in [1.54, 1.807) is 13.8 Å². The number of H-pyrrole nitrogens is 1. The highest BCUT2D eigenvalue weighted by molar-refractivity contribution is 5.95. The Morgan fingerprint density at radius 2 is 2.29 bits per heavy atom. The van der Waals surface area contributed by atoms with Crippen LogP contribution in [0.4, 0.5) is 5.82 Å². The van der Waals surface area contributed by atoms with Crippen molar-refractivity contribution in [1.29, 1.82) is 0 Å². The molecule has 0 aliphatic rings. The van der Waals surface area contributed by atoms with Crippen LogP contribution < -0.4 is 5.32 Å². The number of aromatic amines is 1. The molecule has 0 fully saturated rings. The Bertz CT molecular complexity index is 320. The molecule has 0 spiro atoms. The van der Waals surface area contributed by atoms with Gasteiger partial charge in [0.05, 0.1) is 6.61 Å². The van der Waals surface area contributed by atoms with Crippen LogP contribution in [-0.4, -0.2) is 29.3 Å². The van der Waals surface area contributed by atoms with E-state index in [-0.39, 0.29) is 5.97 Å². The van der Waals surface area contributed by atoms with Gasteiger partial charge in [-0.3, -0.25) is 5.10 Å².